The molecule has 1 aromatic carbocycles. The van der Waals surface area contributed by atoms with Crippen LogP contribution in [0.4, 0.5) is 5.69 Å². The van der Waals surface area contributed by atoms with E-state index in [1.165, 1.54) is 5.56 Å². The van der Waals surface area contributed by atoms with E-state index in [2.05, 4.69) is 19.2 Å². The molecule has 1 aliphatic rings. The summed E-state index contributed by atoms with van der Waals surface area (Å²) >= 11 is 0. The van der Waals surface area contributed by atoms with Crippen molar-refractivity contribution >= 4 is 17.6 Å². The minimum Gasteiger partial charge on any atom is -0.550 e. The van der Waals surface area contributed by atoms with Gasteiger partial charge in [0.1, 0.15) is 0 Å². The predicted octanol–water partition coefficient (Wildman–Crippen LogP) is 2.08. The van der Waals surface area contributed by atoms with Crippen molar-refractivity contribution in [3.05, 3.63) is 42.0 Å². The number of benzene rings is 1. The number of nitrogens with one attached hydrogen (secondary N) is 1. The lowest BCUT2D eigenvalue weighted by atomic mass is 9.82. The standard InChI is InChI=1S/C17H21NO3/c1-11(2)12-7-9-13(10-8-12)18-16(19)14-5-3-4-6-15(14)17(20)21/h3-4,7-11,14-15H,5-6H2,1-2H3,(H,18,19)(H,20,21)/p-1. The summed E-state index contributed by atoms with van der Waals surface area (Å²) in [6, 6.07) is 7.63. The van der Waals surface area contributed by atoms with Crippen LogP contribution in [0.1, 0.15) is 38.2 Å². The number of hydrogen-bond acceptors (Lipinski definition) is 3. The van der Waals surface area contributed by atoms with Crippen LogP contribution in [0.15, 0.2) is 36.4 Å². The molecule has 4 nitrogen and oxygen atoms in total. The Kier molecular flexibility index (Phi) is 4.78. The molecule has 1 aromatic rings. The van der Waals surface area contributed by atoms with Crippen LogP contribution in [0.25, 0.3) is 0 Å². The van der Waals surface area contributed by atoms with E-state index in [9.17, 15) is 14.7 Å². The second-order valence-corrected chi connectivity index (χ2v) is 5.74. The smallest absolute Gasteiger partial charge is 0.228 e. The van der Waals surface area contributed by atoms with Crippen molar-refractivity contribution in [3.8, 4) is 0 Å². The Morgan fingerprint density at radius 3 is 2.19 bits per heavy atom. The number of hydrogen-bond donors (Lipinski definition) is 1. The maximum Gasteiger partial charge on any atom is 0.228 e. The topological polar surface area (TPSA) is 69.2 Å². The van der Waals surface area contributed by atoms with Crippen LogP contribution in [0, 0.1) is 11.8 Å². The highest BCUT2D eigenvalue weighted by molar-refractivity contribution is 5.95. The average molecular weight is 286 g/mol. The quantitative estimate of drug-likeness (QED) is 0.862. The molecule has 2 unspecified atom stereocenters. The highest BCUT2D eigenvalue weighted by atomic mass is 16.4. The van der Waals surface area contributed by atoms with Gasteiger partial charge >= 0.3 is 0 Å². The molecular formula is C17H20NO3-. The molecule has 21 heavy (non-hydrogen) atoms. The Bertz CT molecular complexity index is 546. The normalized spacial score (nSPS) is 21.3. The second kappa shape index (κ2) is 6.57. The fourth-order valence-corrected chi connectivity index (χ4v) is 2.55. The minimum atomic E-state index is -1.16. The van der Waals surface area contributed by atoms with Crippen LogP contribution in [-0.2, 0) is 9.59 Å². The van der Waals surface area contributed by atoms with E-state index in [1.54, 1.807) is 6.08 Å². The third kappa shape index (κ3) is 3.72. The van der Waals surface area contributed by atoms with Gasteiger partial charge in [-0.05, 0) is 36.5 Å². The van der Waals surface area contributed by atoms with E-state index >= 15 is 0 Å². The SMILES string of the molecule is CC(C)c1ccc(NC(=O)C2CC=CCC2C(=O)[O-])cc1. The number of rotatable bonds is 4. The number of allylic oxidation sites excluding steroid dienone is 2. The summed E-state index contributed by atoms with van der Waals surface area (Å²) in [4.78, 5) is 23.4. The van der Waals surface area contributed by atoms with Gasteiger partial charge in [0, 0.05) is 17.6 Å². The zero-order valence-electron chi connectivity index (χ0n) is 12.3. The molecule has 0 saturated carbocycles. The monoisotopic (exact) mass is 286 g/mol. The van der Waals surface area contributed by atoms with Crippen molar-refractivity contribution in [2.45, 2.75) is 32.6 Å². The van der Waals surface area contributed by atoms with Crippen LogP contribution in [0.5, 0.6) is 0 Å². The maximum atomic E-state index is 12.3. The van der Waals surface area contributed by atoms with Gasteiger partial charge in [-0.25, -0.2) is 0 Å². The van der Waals surface area contributed by atoms with Crippen molar-refractivity contribution in [2.75, 3.05) is 5.32 Å². The number of carboxylic acid groups (broad SMARTS) is 1. The zero-order chi connectivity index (χ0) is 15.4. The molecule has 112 valence electrons. The average Bonchev–Trinajstić information content (AvgIpc) is 2.47. The Balaban J connectivity index is 2.06. The molecule has 1 aliphatic carbocycles. The second-order valence-electron chi connectivity index (χ2n) is 5.74. The first kappa shape index (κ1) is 15.3. The molecule has 1 N–H and O–H groups in total. The maximum absolute atomic E-state index is 12.3. The lowest BCUT2D eigenvalue weighted by molar-refractivity contribution is -0.313. The van der Waals surface area contributed by atoms with E-state index < -0.39 is 17.8 Å². The van der Waals surface area contributed by atoms with E-state index in [0.29, 0.717) is 24.4 Å². The number of anilines is 1. The Morgan fingerprint density at radius 2 is 1.67 bits per heavy atom. The molecule has 0 saturated heterocycles. The third-order valence-corrected chi connectivity index (χ3v) is 3.92. The van der Waals surface area contributed by atoms with Gasteiger partial charge in [-0.3, -0.25) is 4.79 Å². The van der Waals surface area contributed by atoms with Crippen molar-refractivity contribution in [1.29, 1.82) is 0 Å². The number of amides is 1. The van der Waals surface area contributed by atoms with Crippen molar-refractivity contribution in [2.24, 2.45) is 11.8 Å². The third-order valence-electron chi connectivity index (χ3n) is 3.92. The number of carbonyl (C=O) groups is 2. The zero-order valence-corrected chi connectivity index (χ0v) is 12.3. The fraction of sp³-hybridized carbons (Fsp3) is 0.412. The van der Waals surface area contributed by atoms with Gasteiger partial charge in [0.15, 0.2) is 0 Å². The highest BCUT2D eigenvalue weighted by Crippen LogP contribution is 2.27. The van der Waals surface area contributed by atoms with Crippen molar-refractivity contribution in [3.63, 3.8) is 0 Å². The highest BCUT2D eigenvalue weighted by Gasteiger charge is 2.29. The molecule has 0 heterocycles. The fourth-order valence-electron chi connectivity index (χ4n) is 2.55. The number of carbonyl (C=O) groups excluding carboxylic acids is 2. The first-order valence-electron chi connectivity index (χ1n) is 7.25. The van der Waals surface area contributed by atoms with E-state index in [1.807, 2.05) is 30.3 Å². The van der Waals surface area contributed by atoms with E-state index in [0.717, 1.165) is 0 Å². The predicted molar refractivity (Wildman–Crippen MR) is 79.5 cm³/mol. The summed E-state index contributed by atoms with van der Waals surface area (Å²) in [7, 11) is 0. The summed E-state index contributed by atoms with van der Waals surface area (Å²) in [5.74, 6) is -2.30. The molecule has 1 amide bonds. The lowest BCUT2D eigenvalue weighted by Gasteiger charge is -2.28. The first-order valence-corrected chi connectivity index (χ1v) is 7.25. The van der Waals surface area contributed by atoms with Gasteiger partial charge in [-0.1, -0.05) is 38.1 Å². The lowest BCUT2D eigenvalue weighted by Crippen LogP contribution is -2.41. The molecule has 0 bridgehead atoms. The summed E-state index contributed by atoms with van der Waals surface area (Å²) in [6.07, 6.45) is 4.44. The van der Waals surface area contributed by atoms with Crippen LogP contribution >= 0.6 is 0 Å². The first-order chi connectivity index (χ1) is 9.99. The summed E-state index contributed by atoms with van der Waals surface area (Å²) in [5, 5.41) is 13.9. The Hall–Kier alpha value is -2.10. The molecule has 0 aliphatic heterocycles. The Morgan fingerprint density at radius 1 is 1.10 bits per heavy atom. The summed E-state index contributed by atoms with van der Waals surface area (Å²) < 4.78 is 0. The van der Waals surface area contributed by atoms with Gasteiger partial charge in [0.25, 0.3) is 0 Å². The van der Waals surface area contributed by atoms with Gasteiger partial charge in [0.05, 0.1) is 5.92 Å². The molecule has 2 atom stereocenters. The van der Waals surface area contributed by atoms with Crippen molar-refractivity contribution in [1.82, 2.24) is 0 Å². The summed E-state index contributed by atoms with van der Waals surface area (Å²) in [5.41, 5.74) is 1.89. The van der Waals surface area contributed by atoms with E-state index in [-0.39, 0.29) is 5.91 Å². The minimum absolute atomic E-state index is 0.258. The van der Waals surface area contributed by atoms with Crippen LogP contribution in [-0.4, -0.2) is 11.9 Å². The molecule has 0 fully saturated rings. The van der Waals surface area contributed by atoms with Gasteiger partial charge in [-0.15, -0.1) is 0 Å². The number of aliphatic carboxylic acids is 1. The molecule has 0 radical (unpaired) electrons. The van der Waals surface area contributed by atoms with Gasteiger partial charge < -0.3 is 15.2 Å². The molecular weight excluding hydrogens is 266 g/mol. The van der Waals surface area contributed by atoms with Gasteiger partial charge in [-0.2, -0.15) is 0 Å². The summed E-state index contributed by atoms with van der Waals surface area (Å²) in [6.45, 7) is 4.21. The molecule has 4 heteroatoms. The van der Waals surface area contributed by atoms with E-state index in [4.69, 9.17) is 0 Å². The van der Waals surface area contributed by atoms with Crippen molar-refractivity contribution < 1.29 is 14.7 Å². The largest absolute Gasteiger partial charge is 0.550 e. The van der Waals surface area contributed by atoms with Crippen LogP contribution < -0.4 is 10.4 Å². The van der Waals surface area contributed by atoms with Crippen LogP contribution in [0.3, 0.4) is 0 Å². The molecule has 2 rings (SSSR count). The number of carboxylic acids is 1. The van der Waals surface area contributed by atoms with Gasteiger partial charge in [0.2, 0.25) is 5.91 Å². The van der Waals surface area contributed by atoms with Crippen LogP contribution in [0.2, 0.25) is 0 Å². The Labute approximate surface area is 124 Å². The molecule has 0 aromatic heterocycles. The molecule has 0 spiro atoms.